The van der Waals surface area contributed by atoms with Crippen molar-refractivity contribution in [2.75, 3.05) is 17.2 Å². The van der Waals surface area contributed by atoms with Gasteiger partial charge in [0.05, 0.1) is 10.0 Å². The van der Waals surface area contributed by atoms with E-state index in [1.807, 2.05) is 6.92 Å². The quantitative estimate of drug-likeness (QED) is 0.876. The van der Waals surface area contributed by atoms with Crippen molar-refractivity contribution in [3.05, 3.63) is 46.2 Å². The number of hydrogen-bond donors (Lipinski definition) is 2. The number of hydrogen-bond acceptors (Lipinski definition) is 4. The number of carbonyl (C=O) groups is 1. The van der Waals surface area contributed by atoms with E-state index in [0.717, 1.165) is 13.0 Å². The third-order valence-corrected chi connectivity index (χ3v) is 3.11. The number of pyridine rings is 2. The highest BCUT2D eigenvalue weighted by molar-refractivity contribution is 6.34. The van der Waals surface area contributed by atoms with Crippen molar-refractivity contribution < 1.29 is 4.79 Å². The first-order chi connectivity index (χ1) is 10.1. The number of aromatic nitrogens is 2. The molecule has 2 aromatic heterocycles. The van der Waals surface area contributed by atoms with E-state index < -0.39 is 5.91 Å². The number of halogens is 2. The van der Waals surface area contributed by atoms with Crippen LogP contribution in [0.4, 0.5) is 11.6 Å². The molecule has 0 spiro atoms. The molecule has 2 heterocycles. The van der Waals surface area contributed by atoms with Gasteiger partial charge in [-0.25, -0.2) is 9.97 Å². The van der Waals surface area contributed by atoms with Crippen molar-refractivity contribution in [2.24, 2.45) is 0 Å². The number of nitrogens with one attached hydrogen (secondary N) is 2. The minimum atomic E-state index is -0.421. The second-order valence-corrected chi connectivity index (χ2v) is 5.11. The highest BCUT2D eigenvalue weighted by Gasteiger charge is 2.14. The second-order valence-electron chi connectivity index (χ2n) is 4.27. The Hall–Kier alpha value is -1.85. The van der Waals surface area contributed by atoms with E-state index >= 15 is 0 Å². The number of nitrogens with zero attached hydrogens (tertiary/aromatic N) is 2. The smallest absolute Gasteiger partial charge is 0.277 e. The first kappa shape index (κ1) is 15.5. The molecule has 2 N–H and O–H groups in total. The van der Waals surface area contributed by atoms with Crippen LogP contribution in [-0.2, 0) is 0 Å². The topological polar surface area (TPSA) is 66.9 Å². The zero-order valence-corrected chi connectivity index (χ0v) is 12.9. The van der Waals surface area contributed by atoms with Crippen LogP contribution in [0.3, 0.4) is 0 Å². The summed E-state index contributed by atoms with van der Waals surface area (Å²) < 4.78 is 0. The van der Waals surface area contributed by atoms with Crippen LogP contribution in [0, 0.1) is 0 Å². The van der Waals surface area contributed by atoms with Gasteiger partial charge in [0.25, 0.3) is 5.91 Å². The molecule has 2 aromatic rings. The molecular formula is C14H14Cl2N4O. The highest BCUT2D eigenvalue weighted by Crippen LogP contribution is 2.18. The summed E-state index contributed by atoms with van der Waals surface area (Å²) in [6.45, 7) is 2.82. The summed E-state index contributed by atoms with van der Waals surface area (Å²) in [4.78, 5) is 20.4. The molecule has 0 radical (unpaired) electrons. The van der Waals surface area contributed by atoms with Gasteiger partial charge in [0, 0.05) is 12.7 Å². The van der Waals surface area contributed by atoms with Gasteiger partial charge >= 0.3 is 0 Å². The lowest BCUT2D eigenvalue weighted by Gasteiger charge is -2.08. The van der Waals surface area contributed by atoms with Gasteiger partial charge in [-0.05, 0) is 30.7 Å². The van der Waals surface area contributed by atoms with Gasteiger partial charge in [0.1, 0.15) is 17.3 Å². The molecule has 0 aliphatic carbocycles. The van der Waals surface area contributed by atoms with Crippen LogP contribution in [0.2, 0.25) is 10.0 Å². The van der Waals surface area contributed by atoms with Gasteiger partial charge in [-0.3, -0.25) is 4.79 Å². The molecule has 0 bridgehead atoms. The Morgan fingerprint density at radius 3 is 2.62 bits per heavy atom. The maximum absolute atomic E-state index is 12.2. The number of anilines is 2. The predicted octanol–water partition coefficient (Wildman–Crippen LogP) is 3.86. The molecule has 0 aromatic carbocycles. The maximum Gasteiger partial charge on any atom is 0.277 e. The lowest BCUT2D eigenvalue weighted by molar-refractivity contribution is 0.102. The van der Waals surface area contributed by atoms with E-state index in [1.165, 1.54) is 6.20 Å². The molecule has 0 atom stereocenters. The first-order valence-electron chi connectivity index (χ1n) is 6.43. The van der Waals surface area contributed by atoms with Gasteiger partial charge in [0.2, 0.25) is 0 Å². The molecule has 5 nitrogen and oxygen atoms in total. The van der Waals surface area contributed by atoms with E-state index in [1.54, 1.807) is 24.3 Å². The third kappa shape index (κ3) is 4.31. The van der Waals surface area contributed by atoms with Crippen molar-refractivity contribution in [1.82, 2.24) is 9.97 Å². The molecule has 1 amide bonds. The lowest BCUT2D eigenvalue weighted by Crippen LogP contribution is -2.16. The molecule has 0 unspecified atom stereocenters. The SMILES string of the molecule is CCCNc1ccc(Cl)c(C(=O)Nc2ccc(Cl)cn2)n1. The Balaban J connectivity index is 2.15. The minimum absolute atomic E-state index is 0.148. The standard InChI is InChI=1S/C14H14Cl2N4O/c1-2-7-17-11-6-4-10(16)13(19-11)14(21)20-12-5-3-9(15)8-18-12/h3-6,8H,2,7H2,1H3,(H,17,19)(H,18,20,21). The fourth-order valence-electron chi connectivity index (χ4n) is 1.58. The molecule has 0 saturated heterocycles. The average Bonchev–Trinajstić information content (AvgIpc) is 2.48. The van der Waals surface area contributed by atoms with Gasteiger partial charge in [0.15, 0.2) is 0 Å². The van der Waals surface area contributed by atoms with Gasteiger partial charge in [-0.15, -0.1) is 0 Å². The minimum Gasteiger partial charge on any atom is -0.370 e. The first-order valence-corrected chi connectivity index (χ1v) is 7.19. The van der Waals surface area contributed by atoms with E-state index in [0.29, 0.717) is 16.7 Å². The van der Waals surface area contributed by atoms with Crippen LogP contribution in [0.1, 0.15) is 23.8 Å². The summed E-state index contributed by atoms with van der Waals surface area (Å²) >= 11 is 11.8. The van der Waals surface area contributed by atoms with Crippen molar-refractivity contribution >= 4 is 40.7 Å². The normalized spacial score (nSPS) is 10.2. The second kappa shape index (κ2) is 7.24. The van der Waals surface area contributed by atoms with Gasteiger partial charge in [-0.2, -0.15) is 0 Å². The summed E-state index contributed by atoms with van der Waals surface area (Å²) in [6, 6.07) is 6.61. The molecule has 110 valence electrons. The lowest BCUT2D eigenvalue weighted by atomic mass is 10.3. The zero-order valence-electron chi connectivity index (χ0n) is 11.4. The van der Waals surface area contributed by atoms with E-state index in [4.69, 9.17) is 23.2 Å². The average molecular weight is 325 g/mol. The molecule has 21 heavy (non-hydrogen) atoms. The fraction of sp³-hybridized carbons (Fsp3) is 0.214. The fourth-order valence-corrected chi connectivity index (χ4v) is 1.88. The molecule has 0 fully saturated rings. The molecule has 7 heteroatoms. The summed E-state index contributed by atoms with van der Waals surface area (Å²) in [5, 5.41) is 6.51. The van der Waals surface area contributed by atoms with Crippen LogP contribution in [0.25, 0.3) is 0 Å². The van der Waals surface area contributed by atoms with E-state index in [-0.39, 0.29) is 10.7 Å². The Morgan fingerprint density at radius 1 is 1.19 bits per heavy atom. The Labute approximate surface area is 132 Å². The maximum atomic E-state index is 12.2. The van der Waals surface area contributed by atoms with Crippen LogP contribution < -0.4 is 10.6 Å². The molecule has 2 rings (SSSR count). The summed E-state index contributed by atoms with van der Waals surface area (Å²) in [7, 11) is 0. The van der Waals surface area contributed by atoms with E-state index in [2.05, 4.69) is 20.6 Å². The van der Waals surface area contributed by atoms with Crippen LogP contribution >= 0.6 is 23.2 Å². The molecular weight excluding hydrogens is 311 g/mol. The Kier molecular flexibility index (Phi) is 5.36. The van der Waals surface area contributed by atoms with Crippen molar-refractivity contribution in [3.63, 3.8) is 0 Å². The molecule has 0 aliphatic rings. The monoisotopic (exact) mass is 324 g/mol. The van der Waals surface area contributed by atoms with E-state index in [9.17, 15) is 4.79 Å². The summed E-state index contributed by atoms with van der Waals surface area (Å²) in [5.41, 5.74) is 0.148. The largest absolute Gasteiger partial charge is 0.370 e. The summed E-state index contributed by atoms with van der Waals surface area (Å²) in [5.74, 6) is 0.569. The number of amides is 1. The van der Waals surface area contributed by atoms with Crippen LogP contribution in [-0.4, -0.2) is 22.4 Å². The van der Waals surface area contributed by atoms with Crippen LogP contribution in [0.5, 0.6) is 0 Å². The molecule has 0 aliphatic heterocycles. The number of rotatable bonds is 5. The predicted molar refractivity (Wildman–Crippen MR) is 85.2 cm³/mol. The Bertz CT molecular complexity index is 631. The highest BCUT2D eigenvalue weighted by atomic mass is 35.5. The van der Waals surface area contributed by atoms with Crippen molar-refractivity contribution in [1.29, 1.82) is 0 Å². The third-order valence-electron chi connectivity index (χ3n) is 2.59. The number of carbonyl (C=O) groups excluding carboxylic acids is 1. The molecule has 0 saturated carbocycles. The van der Waals surface area contributed by atoms with Gasteiger partial charge in [-0.1, -0.05) is 30.1 Å². The van der Waals surface area contributed by atoms with Crippen molar-refractivity contribution in [3.8, 4) is 0 Å². The van der Waals surface area contributed by atoms with Crippen LogP contribution in [0.15, 0.2) is 30.5 Å². The van der Waals surface area contributed by atoms with Gasteiger partial charge < -0.3 is 10.6 Å². The van der Waals surface area contributed by atoms with Crippen molar-refractivity contribution in [2.45, 2.75) is 13.3 Å². The zero-order chi connectivity index (χ0) is 15.2. The summed E-state index contributed by atoms with van der Waals surface area (Å²) in [6.07, 6.45) is 2.41. The Morgan fingerprint density at radius 2 is 1.95 bits per heavy atom.